The Labute approximate surface area is 143 Å². The van der Waals surface area contributed by atoms with Crippen LogP contribution in [0.4, 0.5) is 5.82 Å². The minimum Gasteiger partial charge on any atom is -0.386 e. The van der Waals surface area contributed by atoms with Crippen molar-refractivity contribution in [2.24, 2.45) is 5.92 Å². The molecule has 132 valence electrons. The number of carbonyl (C=O) groups excluding carboxylic acids is 1. The van der Waals surface area contributed by atoms with Crippen molar-refractivity contribution < 1.29 is 14.6 Å². The molecule has 0 spiro atoms. The molecule has 1 amide bonds. The predicted octanol–water partition coefficient (Wildman–Crippen LogP) is 1.30. The monoisotopic (exact) mass is 333 g/mol. The van der Waals surface area contributed by atoms with Crippen molar-refractivity contribution in [3.05, 3.63) is 24.4 Å². The Balaban J connectivity index is 1.61. The summed E-state index contributed by atoms with van der Waals surface area (Å²) in [5, 5.41) is 11.0. The molecule has 0 aliphatic carbocycles. The maximum absolute atomic E-state index is 12.6. The second-order valence-corrected chi connectivity index (χ2v) is 7.02. The average Bonchev–Trinajstić information content (AvgIpc) is 2.62. The van der Waals surface area contributed by atoms with Gasteiger partial charge < -0.3 is 19.6 Å². The lowest BCUT2D eigenvalue weighted by Crippen LogP contribution is -2.55. The van der Waals surface area contributed by atoms with Crippen molar-refractivity contribution in [3.8, 4) is 0 Å². The number of amides is 1. The summed E-state index contributed by atoms with van der Waals surface area (Å²) in [7, 11) is 1.80. The van der Waals surface area contributed by atoms with Crippen molar-refractivity contribution in [2.75, 3.05) is 44.8 Å². The molecule has 3 rings (SSSR count). The smallest absolute Gasteiger partial charge is 0.225 e. The quantitative estimate of drug-likeness (QED) is 0.900. The Morgan fingerprint density at radius 1 is 1.46 bits per heavy atom. The van der Waals surface area contributed by atoms with E-state index in [0.29, 0.717) is 32.7 Å². The highest BCUT2D eigenvalue weighted by molar-refractivity contribution is 5.78. The van der Waals surface area contributed by atoms with Crippen LogP contribution < -0.4 is 4.90 Å². The third-order valence-corrected chi connectivity index (χ3v) is 5.01. The van der Waals surface area contributed by atoms with Gasteiger partial charge in [0.1, 0.15) is 5.82 Å². The van der Waals surface area contributed by atoms with Gasteiger partial charge in [-0.3, -0.25) is 4.79 Å². The molecule has 1 N–H and O–H groups in total. The summed E-state index contributed by atoms with van der Waals surface area (Å²) < 4.78 is 5.33. The van der Waals surface area contributed by atoms with Gasteiger partial charge in [0.15, 0.2) is 0 Å². The number of hydrogen-bond acceptors (Lipinski definition) is 5. The molecule has 24 heavy (non-hydrogen) atoms. The number of ether oxygens (including phenoxy) is 1. The number of hydrogen-bond donors (Lipinski definition) is 1. The zero-order valence-corrected chi connectivity index (χ0v) is 14.4. The third-order valence-electron chi connectivity index (χ3n) is 5.01. The standard InChI is InChI=1S/C18H27N3O3/c1-20(17(22)15-6-11-24-12-7-15)13-18(23)8-4-10-21(14-18)16-5-2-3-9-19-16/h2-3,5,9,15,23H,4,6-8,10-14H2,1H3/t18-/m1/s1. The first-order valence-corrected chi connectivity index (χ1v) is 8.78. The number of carbonyl (C=O) groups is 1. The summed E-state index contributed by atoms with van der Waals surface area (Å²) >= 11 is 0. The molecule has 0 bridgehead atoms. The molecule has 2 fully saturated rings. The van der Waals surface area contributed by atoms with Crippen LogP contribution in [0.1, 0.15) is 25.7 Å². The SMILES string of the molecule is CN(C[C@]1(O)CCCN(c2ccccn2)C1)C(=O)C1CCOCC1. The molecule has 2 aliphatic heterocycles. The third kappa shape index (κ3) is 4.05. The van der Waals surface area contributed by atoms with Crippen molar-refractivity contribution in [1.29, 1.82) is 0 Å². The van der Waals surface area contributed by atoms with E-state index in [1.54, 1.807) is 18.1 Å². The molecule has 2 saturated heterocycles. The first-order chi connectivity index (χ1) is 11.6. The van der Waals surface area contributed by atoms with Gasteiger partial charge in [0.05, 0.1) is 12.1 Å². The van der Waals surface area contributed by atoms with Crippen LogP contribution in [-0.2, 0) is 9.53 Å². The van der Waals surface area contributed by atoms with Crippen molar-refractivity contribution in [1.82, 2.24) is 9.88 Å². The van der Waals surface area contributed by atoms with Crippen LogP contribution in [0.25, 0.3) is 0 Å². The van der Waals surface area contributed by atoms with Crippen LogP contribution in [-0.4, -0.2) is 66.4 Å². The molecule has 2 aliphatic rings. The molecular formula is C18H27N3O3. The molecule has 6 nitrogen and oxygen atoms in total. The van der Waals surface area contributed by atoms with Crippen LogP contribution in [0.5, 0.6) is 0 Å². The van der Waals surface area contributed by atoms with Gasteiger partial charge in [0.25, 0.3) is 0 Å². The van der Waals surface area contributed by atoms with E-state index in [9.17, 15) is 9.90 Å². The molecule has 3 heterocycles. The van der Waals surface area contributed by atoms with E-state index in [1.807, 2.05) is 18.2 Å². The fraction of sp³-hybridized carbons (Fsp3) is 0.667. The van der Waals surface area contributed by atoms with E-state index in [2.05, 4.69) is 9.88 Å². The summed E-state index contributed by atoms with van der Waals surface area (Å²) in [6, 6.07) is 5.80. The van der Waals surface area contributed by atoms with Crippen molar-refractivity contribution in [2.45, 2.75) is 31.3 Å². The highest BCUT2D eigenvalue weighted by Crippen LogP contribution is 2.26. The first-order valence-electron chi connectivity index (χ1n) is 8.78. The van der Waals surface area contributed by atoms with Gasteiger partial charge in [0.2, 0.25) is 5.91 Å². The molecular weight excluding hydrogens is 306 g/mol. The topological polar surface area (TPSA) is 65.9 Å². The zero-order valence-electron chi connectivity index (χ0n) is 14.4. The molecule has 0 aromatic carbocycles. The van der Waals surface area contributed by atoms with E-state index in [-0.39, 0.29) is 11.8 Å². The maximum atomic E-state index is 12.6. The molecule has 6 heteroatoms. The van der Waals surface area contributed by atoms with Gasteiger partial charge in [-0.1, -0.05) is 6.07 Å². The first kappa shape index (κ1) is 17.2. The summed E-state index contributed by atoms with van der Waals surface area (Å²) in [5.41, 5.74) is -0.884. The molecule has 0 radical (unpaired) electrons. The molecule has 1 aromatic heterocycles. The number of piperidine rings is 1. The number of aliphatic hydroxyl groups is 1. The van der Waals surface area contributed by atoms with Gasteiger partial charge >= 0.3 is 0 Å². The second kappa shape index (κ2) is 7.49. The lowest BCUT2D eigenvalue weighted by atomic mass is 9.91. The van der Waals surface area contributed by atoms with Gasteiger partial charge in [0, 0.05) is 45.5 Å². The van der Waals surface area contributed by atoms with Crippen LogP contribution in [0, 0.1) is 5.92 Å². The Hall–Kier alpha value is -1.66. The van der Waals surface area contributed by atoms with E-state index in [1.165, 1.54) is 0 Å². The van der Waals surface area contributed by atoms with Gasteiger partial charge in [-0.2, -0.15) is 0 Å². The number of nitrogens with zero attached hydrogens (tertiary/aromatic N) is 3. The summed E-state index contributed by atoms with van der Waals surface area (Å²) in [4.78, 5) is 20.8. The number of anilines is 1. The molecule has 1 aromatic rings. The average molecular weight is 333 g/mol. The van der Waals surface area contributed by atoms with Gasteiger partial charge in [-0.25, -0.2) is 4.98 Å². The number of aromatic nitrogens is 1. The summed E-state index contributed by atoms with van der Waals surface area (Å²) in [6.45, 7) is 3.07. The van der Waals surface area contributed by atoms with E-state index >= 15 is 0 Å². The van der Waals surface area contributed by atoms with Crippen LogP contribution in [0.15, 0.2) is 24.4 Å². The highest BCUT2D eigenvalue weighted by Gasteiger charge is 2.37. The minimum absolute atomic E-state index is 0.0304. The second-order valence-electron chi connectivity index (χ2n) is 7.02. The summed E-state index contributed by atoms with van der Waals surface area (Å²) in [6.07, 6.45) is 4.93. The maximum Gasteiger partial charge on any atom is 0.225 e. The Morgan fingerprint density at radius 2 is 2.25 bits per heavy atom. The van der Waals surface area contributed by atoms with Gasteiger partial charge in [-0.15, -0.1) is 0 Å². The fourth-order valence-electron chi connectivity index (χ4n) is 3.75. The lowest BCUT2D eigenvalue weighted by Gasteiger charge is -2.42. The van der Waals surface area contributed by atoms with Crippen molar-refractivity contribution in [3.63, 3.8) is 0 Å². The Bertz CT molecular complexity index is 548. The fourth-order valence-corrected chi connectivity index (χ4v) is 3.75. The number of likely N-dealkylation sites (N-methyl/N-ethyl adjacent to an activating group) is 1. The van der Waals surface area contributed by atoms with E-state index in [0.717, 1.165) is 31.6 Å². The summed E-state index contributed by atoms with van der Waals surface area (Å²) in [5.74, 6) is 1.04. The van der Waals surface area contributed by atoms with Crippen LogP contribution in [0.3, 0.4) is 0 Å². The van der Waals surface area contributed by atoms with E-state index < -0.39 is 5.60 Å². The normalized spacial score (nSPS) is 25.5. The predicted molar refractivity (Wildman–Crippen MR) is 91.8 cm³/mol. The van der Waals surface area contributed by atoms with Crippen LogP contribution >= 0.6 is 0 Å². The number of pyridine rings is 1. The van der Waals surface area contributed by atoms with Crippen molar-refractivity contribution >= 4 is 11.7 Å². The molecule has 0 saturated carbocycles. The largest absolute Gasteiger partial charge is 0.386 e. The number of rotatable bonds is 4. The highest BCUT2D eigenvalue weighted by atomic mass is 16.5. The molecule has 1 atom stereocenters. The minimum atomic E-state index is -0.884. The van der Waals surface area contributed by atoms with Gasteiger partial charge in [-0.05, 0) is 37.8 Å². The Morgan fingerprint density at radius 3 is 2.96 bits per heavy atom. The Kier molecular flexibility index (Phi) is 5.36. The lowest BCUT2D eigenvalue weighted by molar-refractivity contribution is -0.140. The number of β-amino-alcohol motifs (C(OH)–C–C–N with tert-alkyl or cyclic N) is 1. The van der Waals surface area contributed by atoms with Crippen LogP contribution in [0.2, 0.25) is 0 Å². The molecule has 0 unspecified atom stereocenters. The zero-order chi connectivity index (χ0) is 17.0. The van der Waals surface area contributed by atoms with E-state index in [4.69, 9.17) is 4.74 Å².